The van der Waals surface area contributed by atoms with E-state index in [2.05, 4.69) is 5.32 Å². The highest BCUT2D eigenvalue weighted by Crippen LogP contribution is 2.36. The fourth-order valence-corrected chi connectivity index (χ4v) is 3.68. The Morgan fingerprint density at radius 3 is 2.89 bits per heavy atom. The lowest BCUT2D eigenvalue weighted by molar-refractivity contribution is 0.0955. The first kappa shape index (κ1) is 14.0. The normalized spacial score (nSPS) is 15.2. The van der Waals surface area contributed by atoms with Crippen molar-refractivity contribution in [1.82, 2.24) is 5.32 Å². The fraction of sp³-hybridized carbons (Fsp3) is 0.467. The number of carbonyl (C=O) groups is 1. The molecule has 0 unspecified atom stereocenters. The van der Waals surface area contributed by atoms with Crippen molar-refractivity contribution < 1.29 is 4.79 Å². The molecule has 1 aromatic carbocycles. The van der Waals surface area contributed by atoms with Crippen LogP contribution in [0, 0.1) is 18.3 Å². The number of nitrogens with one attached hydrogen (secondary N) is 1. The van der Waals surface area contributed by atoms with Crippen molar-refractivity contribution in [1.29, 1.82) is 5.26 Å². The SMILES string of the molecule is Cc1ccc(SC2CCCC2)c(C(=O)NCC#N)c1. The van der Waals surface area contributed by atoms with Gasteiger partial charge in [0.15, 0.2) is 0 Å². The highest BCUT2D eigenvalue weighted by Gasteiger charge is 2.19. The van der Waals surface area contributed by atoms with Crippen LogP contribution in [-0.2, 0) is 0 Å². The van der Waals surface area contributed by atoms with Gasteiger partial charge in [0.25, 0.3) is 5.91 Å². The minimum Gasteiger partial charge on any atom is -0.339 e. The van der Waals surface area contributed by atoms with Gasteiger partial charge in [0.1, 0.15) is 6.54 Å². The van der Waals surface area contributed by atoms with Gasteiger partial charge in [-0.25, -0.2) is 0 Å². The number of benzene rings is 1. The Morgan fingerprint density at radius 1 is 1.47 bits per heavy atom. The molecule has 0 aromatic heterocycles. The van der Waals surface area contributed by atoms with Crippen LogP contribution < -0.4 is 5.32 Å². The van der Waals surface area contributed by atoms with Gasteiger partial charge in [-0.1, -0.05) is 24.5 Å². The molecule has 1 aliphatic carbocycles. The molecular weight excluding hydrogens is 256 g/mol. The summed E-state index contributed by atoms with van der Waals surface area (Å²) in [5, 5.41) is 11.8. The van der Waals surface area contributed by atoms with Crippen LogP contribution in [0.1, 0.15) is 41.6 Å². The Morgan fingerprint density at radius 2 is 2.21 bits per heavy atom. The first-order valence-corrected chi connectivity index (χ1v) is 7.51. The molecule has 0 spiro atoms. The number of amides is 1. The first-order chi connectivity index (χ1) is 9.20. The van der Waals surface area contributed by atoms with Crippen molar-refractivity contribution in [2.24, 2.45) is 0 Å². The molecule has 0 bridgehead atoms. The van der Waals surface area contributed by atoms with E-state index in [9.17, 15) is 4.79 Å². The summed E-state index contributed by atoms with van der Waals surface area (Å²) in [6.45, 7) is 2.03. The lowest BCUT2D eigenvalue weighted by Gasteiger charge is -2.13. The van der Waals surface area contributed by atoms with Crippen molar-refractivity contribution in [2.45, 2.75) is 42.8 Å². The van der Waals surface area contributed by atoms with E-state index in [0.717, 1.165) is 10.5 Å². The van der Waals surface area contributed by atoms with Gasteiger partial charge in [0.05, 0.1) is 11.6 Å². The smallest absolute Gasteiger partial charge is 0.253 e. The van der Waals surface area contributed by atoms with E-state index in [0.29, 0.717) is 10.8 Å². The second-order valence-electron chi connectivity index (χ2n) is 4.86. The van der Waals surface area contributed by atoms with Crippen molar-refractivity contribution in [2.75, 3.05) is 6.54 Å². The number of hydrogen-bond acceptors (Lipinski definition) is 3. The summed E-state index contributed by atoms with van der Waals surface area (Å²) in [5.74, 6) is -0.147. The number of nitrogens with zero attached hydrogens (tertiary/aromatic N) is 1. The summed E-state index contributed by atoms with van der Waals surface area (Å²) in [6, 6.07) is 7.91. The van der Waals surface area contributed by atoms with Gasteiger partial charge in [-0.2, -0.15) is 5.26 Å². The highest BCUT2D eigenvalue weighted by molar-refractivity contribution is 8.00. The molecule has 1 amide bonds. The molecule has 0 radical (unpaired) electrons. The second-order valence-corrected chi connectivity index (χ2v) is 6.21. The Bertz CT molecular complexity index is 501. The van der Waals surface area contributed by atoms with Crippen LogP contribution in [0.3, 0.4) is 0 Å². The average Bonchev–Trinajstić information content (AvgIpc) is 2.91. The molecule has 1 N–H and O–H groups in total. The van der Waals surface area contributed by atoms with Crippen LogP contribution in [0.25, 0.3) is 0 Å². The Hall–Kier alpha value is -1.47. The van der Waals surface area contributed by atoms with Gasteiger partial charge < -0.3 is 5.32 Å². The van der Waals surface area contributed by atoms with Gasteiger partial charge >= 0.3 is 0 Å². The largest absolute Gasteiger partial charge is 0.339 e. The molecule has 1 aromatic rings. The molecule has 3 nitrogen and oxygen atoms in total. The Balaban J connectivity index is 2.17. The molecule has 0 atom stereocenters. The van der Waals surface area contributed by atoms with Crippen molar-refractivity contribution in [3.8, 4) is 6.07 Å². The number of carbonyl (C=O) groups excluding carboxylic acids is 1. The maximum Gasteiger partial charge on any atom is 0.253 e. The van der Waals surface area contributed by atoms with Crippen LogP contribution >= 0.6 is 11.8 Å². The average molecular weight is 274 g/mol. The topological polar surface area (TPSA) is 52.9 Å². The van der Waals surface area contributed by atoms with Crippen molar-refractivity contribution in [3.05, 3.63) is 29.3 Å². The van der Waals surface area contributed by atoms with Gasteiger partial charge in [-0.3, -0.25) is 4.79 Å². The fourth-order valence-electron chi connectivity index (χ4n) is 2.32. The molecule has 1 fully saturated rings. The van der Waals surface area contributed by atoms with Crippen molar-refractivity contribution >= 4 is 17.7 Å². The molecule has 0 heterocycles. The zero-order chi connectivity index (χ0) is 13.7. The third kappa shape index (κ3) is 3.74. The zero-order valence-corrected chi connectivity index (χ0v) is 11.9. The summed E-state index contributed by atoms with van der Waals surface area (Å²) < 4.78 is 0. The predicted octanol–water partition coefficient (Wildman–Crippen LogP) is 3.28. The van der Waals surface area contributed by atoms with Gasteiger partial charge in [0.2, 0.25) is 0 Å². The summed E-state index contributed by atoms with van der Waals surface area (Å²) in [7, 11) is 0. The monoisotopic (exact) mass is 274 g/mol. The molecule has 4 heteroatoms. The maximum atomic E-state index is 12.1. The first-order valence-electron chi connectivity index (χ1n) is 6.63. The quantitative estimate of drug-likeness (QED) is 0.857. The van der Waals surface area contributed by atoms with E-state index in [1.165, 1.54) is 25.7 Å². The number of aryl methyl sites for hydroxylation is 1. The zero-order valence-electron chi connectivity index (χ0n) is 11.1. The molecule has 100 valence electrons. The third-order valence-corrected chi connectivity index (χ3v) is 4.72. The molecule has 0 saturated heterocycles. The van der Waals surface area contributed by atoms with E-state index in [1.807, 2.05) is 31.2 Å². The molecule has 19 heavy (non-hydrogen) atoms. The van der Waals surface area contributed by atoms with E-state index >= 15 is 0 Å². The molecule has 2 rings (SSSR count). The van der Waals surface area contributed by atoms with Crippen LogP contribution in [-0.4, -0.2) is 17.7 Å². The van der Waals surface area contributed by atoms with E-state index in [4.69, 9.17) is 5.26 Å². The highest BCUT2D eigenvalue weighted by atomic mass is 32.2. The third-order valence-electron chi connectivity index (χ3n) is 3.30. The van der Waals surface area contributed by atoms with Crippen LogP contribution in [0.2, 0.25) is 0 Å². The molecule has 1 aliphatic rings. The Labute approximate surface area is 118 Å². The van der Waals surface area contributed by atoms with Crippen LogP contribution in [0.5, 0.6) is 0 Å². The number of hydrogen-bond donors (Lipinski definition) is 1. The standard InChI is InChI=1S/C15H18N2OS/c1-11-6-7-14(19-12-4-2-3-5-12)13(10-11)15(18)17-9-8-16/h6-7,10,12H,2-5,9H2,1H3,(H,17,18). The molecule has 1 saturated carbocycles. The summed E-state index contributed by atoms with van der Waals surface area (Å²) >= 11 is 1.80. The minimum absolute atomic E-state index is 0.0559. The lowest BCUT2D eigenvalue weighted by atomic mass is 10.1. The van der Waals surface area contributed by atoms with Gasteiger partial charge in [-0.15, -0.1) is 11.8 Å². The van der Waals surface area contributed by atoms with Gasteiger partial charge in [0, 0.05) is 10.1 Å². The number of thioether (sulfide) groups is 1. The van der Waals surface area contributed by atoms with Crippen molar-refractivity contribution in [3.63, 3.8) is 0 Å². The lowest BCUT2D eigenvalue weighted by Crippen LogP contribution is -2.24. The minimum atomic E-state index is -0.147. The van der Waals surface area contributed by atoms with E-state index in [-0.39, 0.29) is 12.5 Å². The van der Waals surface area contributed by atoms with E-state index < -0.39 is 0 Å². The molecular formula is C15H18N2OS. The summed E-state index contributed by atoms with van der Waals surface area (Å²) in [4.78, 5) is 13.1. The predicted molar refractivity (Wildman–Crippen MR) is 77.2 cm³/mol. The van der Waals surface area contributed by atoms with Crippen LogP contribution in [0.4, 0.5) is 0 Å². The summed E-state index contributed by atoms with van der Waals surface area (Å²) in [6.07, 6.45) is 5.05. The molecule has 0 aliphatic heterocycles. The number of nitriles is 1. The van der Waals surface area contributed by atoms with E-state index in [1.54, 1.807) is 11.8 Å². The second kappa shape index (κ2) is 6.63. The van der Waals surface area contributed by atoms with Crippen LogP contribution in [0.15, 0.2) is 23.1 Å². The number of rotatable bonds is 4. The maximum absolute atomic E-state index is 12.1. The summed E-state index contributed by atoms with van der Waals surface area (Å²) in [5.41, 5.74) is 1.77. The van der Waals surface area contributed by atoms with Gasteiger partial charge in [-0.05, 0) is 31.9 Å². The Kier molecular flexibility index (Phi) is 4.86.